The number of esters is 3. The van der Waals surface area contributed by atoms with Crippen LogP contribution in [0.4, 0.5) is 0 Å². The fraction of sp³-hybridized carbons (Fsp3) is 0.929. The van der Waals surface area contributed by atoms with Crippen LogP contribution in [0.15, 0.2) is 0 Å². The Balaban J connectivity index is 4.35. The van der Waals surface area contributed by atoms with E-state index in [0.717, 1.165) is 167 Å². The van der Waals surface area contributed by atoms with Gasteiger partial charge >= 0.3 is 51.0 Å². The van der Waals surface area contributed by atoms with Gasteiger partial charge in [-0.1, -0.05) is 154 Å². The maximum Gasteiger partial charge on any atom is 0.397 e. The summed E-state index contributed by atoms with van der Waals surface area (Å²) in [6, 6.07) is 0. The van der Waals surface area contributed by atoms with Gasteiger partial charge in [-0.3, -0.25) is 36.4 Å². The largest absolute Gasteiger partial charge is 0.462 e. The molecule has 19 heteroatoms. The van der Waals surface area contributed by atoms with Crippen molar-refractivity contribution in [3.63, 3.8) is 0 Å². The molecule has 0 aromatic rings. The molecule has 2 unspecified atom stereocenters. The standard InChI is InChI=1S/C42H80O16S3/c43-40(31-25-19-13-7-1-4-10-16-22-28-34-55-59(46)47)53-37-39(38-54-41(44)32-26-20-14-8-2-5-11-17-23-29-35-56-60(48)49)58-42(45)33-27-21-15-9-3-6-12-18-24-30-36-57-61(50,51)52/h39H,1-38H2,(H,46,47)(H,48,49)(H,50,51,52). The monoisotopic (exact) mass is 936 g/mol. The predicted octanol–water partition coefficient (Wildman–Crippen LogP) is 9.98. The molecule has 0 rings (SSSR count). The van der Waals surface area contributed by atoms with Crippen molar-refractivity contribution in [3.8, 4) is 0 Å². The molecular formula is C42H80O16S3. The molecule has 0 spiro atoms. The zero-order valence-electron chi connectivity index (χ0n) is 36.8. The van der Waals surface area contributed by atoms with E-state index in [1.807, 2.05) is 0 Å². The summed E-state index contributed by atoms with van der Waals surface area (Å²) < 4.78 is 97.8. The van der Waals surface area contributed by atoms with Gasteiger partial charge in [-0.2, -0.15) is 16.8 Å². The average Bonchev–Trinajstić information content (AvgIpc) is 3.20. The maximum atomic E-state index is 12.7. The molecule has 0 aliphatic rings. The molecule has 0 aliphatic carbocycles. The Labute approximate surface area is 372 Å². The van der Waals surface area contributed by atoms with Gasteiger partial charge in [0.1, 0.15) is 13.2 Å². The highest BCUT2D eigenvalue weighted by molar-refractivity contribution is 7.80. The van der Waals surface area contributed by atoms with E-state index in [1.54, 1.807) is 0 Å². The number of rotatable bonds is 47. The van der Waals surface area contributed by atoms with Crippen molar-refractivity contribution in [2.24, 2.45) is 0 Å². The highest BCUT2D eigenvalue weighted by Crippen LogP contribution is 2.15. The molecule has 0 bridgehead atoms. The third kappa shape index (κ3) is 49.3. The minimum absolute atomic E-state index is 0.00977. The van der Waals surface area contributed by atoms with Gasteiger partial charge in [-0.15, -0.1) is 0 Å². The zero-order chi connectivity index (χ0) is 45.1. The number of carbonyl (C=O) groups excluding carboxylic acids is 3. The molecule has 0 heterocycles. The second-order valence-corrected chi connectivity index (χ2v) is 18.1. The van der Waals surface area contributed by atoms with E-state index in [0.29, 0.717) is 38.9 Å². The summed E-state index contributed by atoms with van der Waals surface area (Å²) in [7, 11) is -4.36. The van der Waals surface area contributed by atoms with Crippen LogP contribution in [-0.2, 0) is 74.3 Å². The molecule has 0 fully saturated rings. The highest BCUT2D eigenvalue weighted by Gasteiger charge is 2.19. The van der Waals surface area contributed by atoms with Gasteiger partial charge in [0.15, 0.2) is 6.10 Å². The Kier molecular flexibility index (Phi) is 42.5. The van der Waals surface area contributed by atoms with Gasteiger partial charge in [0.05, 0.1) is 19.8 Å². The quantitative estimate of drug-likeness (QED) is 0.0169. The topological polar surface area (TPSA) is 236 Å². The van der Waals surface area contributed by atoms with Crippen LogP contribution < -0.4 is 0 Å². The molecule has 362 valence electrons. The summed E-state index contributed by atoms with van der Waals surface area (Å²) in [5.41, 5.74) is 0. The van der Waals surface area contributed by atoms with Crippen LogP contribution in [0.5, 0.6) is 0 Å². The summed E-state index contributed by atoms with van der Waals surface area (Å²) in [6.07, 6.45) is 28.8. The summed E-state index contributed by atoms with van der Waals surface area (Å²) >= 11 is -4.37. The van der Waals surface area contributed by atoms with E-state index in [1.165, 1.54) is 0 Å². The minimum Gasteiger partial charge on any atom is -0.462 e. The fourth-order valence-corrected chi connectivity index (χ4v) is 7.51. The van der Waals surface area contributed by atoms with Crippen LogP contribution >= 0.6 is 0 Å². The average molecular weight is 937 g/mol. The van der Waals surface area contributed by atoms with E-state index in [-0.39, 0.29) is 51.0 Å². The first-order chi connectivity index (χ1) is 29.4. The lowest BCUT2D eigenvalue weighted by molar-refractivity contribution is -0.167. The lowest BCUT2D eigenvalue weighted by atomic mass is 10.1. The minimum atomic E-state index is -4.36. The molecule has 2 atom stereocenters. The Morgan fingerprint density at radius 3 is 0.967 bits per heavy atom. The number of carbonyl (C=O) groups is 3. The van der Waals surface area contributed by atoms with Crippen LogP contribution in [0, 0.1) is 0 Å². The van der Waals surface area contributed by atoms with Crippen molar-refractivity contribution in [3.05, 3.63) is 0 Å². The van der Waals surface area contributed by atoms with Crippen LogP contribution in [0.2, 0.25) is 0 Å². The van der Waals surface area contributed by atoms with Gasteiger partial charge in [0, 0.05) is 19.3 Å². The first-order valence-electron chi connectivity index (χ1n) is 23.0. The van der Waals surface area contributed by atoms with E-state index in [9.17, 15) is 31.2 Å². The van der Waals surface area contributed by atoms with Crippen molar-refractivity contribution in [2.45, 2.75) is 218 Å². The van der Waals surface area contributed by atoms with Crippen LogP contribution in [-0.4, -0.2) is 87.5 Å². The van der Waals surface area contributed by atoms with Crippen molar-refractivity contribution in [1.82, 2.24) is 0 Å². The van der Waals surface area contributed by atoms with Crippen LogP contribution in [0.3, 0.4) is 0 Å². The Morgan fingerprint density at radius 1 is 0.410 bits per heavy atom. The zero-order valence-corrected chi connectivity index (χ0v) is 39.3. The molecule has 0 aliphatic heterocycles. The molecule has 0 aromatic carbocycles. The molecule has 0 saturated heterocycles. The van der Waals surface area contributed by atoms with Crippen LogP contribution in [0.1, 0.15) is 212 Å². The SMILES string of the molecule is O=C(CCCCCCCCCCCCOS(=O)O)OCC(COC(=O)CCCCCCCCCCCCOS(=O)O)OC(=O)CCCCCCCCCCCCOS(=O)(=O)O. The third-order valence-electron chi connectivity index (χ3n) is 10.1. The number of ether oxygens (including phenoxy) is 3. The molecular weight excluding hydrogens is 857 g/mol. The molecule has 61 heavy (non-hydrogen) atoms. The Bertz CT molecular complexity index is 1160. The van der Waals surface area contributed by atoms with Crippen molar-refractivity contribution < 1.29 is 71.6 Å². The molecule has 0 amide bonds. The maximum absolute atomic E-state index is 12.7. The van der Waals surface area contributed by atoms with Crippen molar-refractivity contribution in [1.29, 1.82) is 0 Å². The van der Waals surface area contributed by atoms with Crippen molar-refractivity contribution in [2.75, 3.05) is 33.0 Å². The van der Waals surface area contributed by atoms with E-state index < -0.39 is 45.2 Å². The van der Waals surface area contributed by atoms with Crippen LogP contribution in [0.25, 0.3) is 0 Å². The summed E-state index contributed by atoms with van der Waals surface area (Å²) in [4.78, 5) is 37.7. The van der Waals surface area contributed by atoms with Gasteiger partial charge in [-0.25, -0.2) is 4.18 Å². The second-order valence-electron chi connectivity index (χ2n) is 15.7. The molecule has 3 N–H and O–H groups in total. The lowest BCUT2D eigenvalue weighted by Crippen LogP contribution is -2.30. The normalized spacial score (nSPS) is 13.2. The van der Waals surface area contributed by atoms with Crippen molar-refractivity contribution >= 4 is 51.0 Å². The first-order valence-corrected chi connectivity index (χ1v) is 26.4. The number of hydrogen-bond acceptors (Lipinski definition) is 13. The first kappa shape index (κ1) is 59.4. The Morgan fingerprint density at radius 2 is 0.672 bits per heavy atom. The Hall–Kier alpha value is -1.58. The van der Waals surface area contributed by atoms with E-state index >= 15 is 0 Å². The van der Waals surface area contributed by atoms with Gasteiger partial charge in [0.2, 0.25) is 0 Å². The van der Waals surface area contributed by atoms with Gasteiger partial charge < -0.3 is 14.2 Å². The summed E-state index contributed by atoms with van der Waals surface area (Å²) in [5, 5.41) is 0. The number of hydrogen-bond donors (Lipinski definition) is 3. The third-order valence-corrected chi connectivity index (χ3v) is 11.3. The highest BCUT2D eigenvalue weighted by atomic mass is 32.3. The van der Waals surface area contributed by atoms with Gasteiger partial charge in [0.25, 0.3) is 0 Å². The smallest absolute Gasteiger partial charge is 0.397 e. The van der Waals surface area contributed by atoms with E-state index in [2.05, 4.69) is 12.5 Å². The molecule has 0 radical (unpaired) electrons. The fourth-order valence-electron chi connectivity index (χ4n) is 6.66. The van der Waals surface area contributed by atoms with E-state index in [4.69, 9.17) is 27.9 Å². The lowest BCUT2D eigenvalue weighted by Gasteiger charge is -2.18. The molecule has 0 aromatic heterocycles. The summed E-state index contributed by atoms with van der Waals surface area (Å²) in [6.45, 7) is 0.239. The second kappa shape index (κ2) is 43.7. The molecule has 0 saturated carbocycles. The molecule has 16 nitrogen and oxygen atoms in total. The predicted molar refractivity (Wildman–Crippen MR) is 235 cm³/mol. The summed E-state index contributed by atoms with van der Waals surface area (Å²) in [5.74, 6) is -1.17. The van der Waals surface area contributed by atoms with Gasteiger partial charge in [-0.05, 0) is 38.5 Å². The number of unbranched alkanes of at least 4 members (excludes halogenated alkanes) is 27.